The summed E-state index contributed by atoms with van der Waals surface area (Å²) in [6.07, 6.45) is -8.74. The highest BCUT2D eigenvalue weighted by Crippen LogP contribution is 2.34. The van der Waals surface area contributed by atoms with E-state index >= 15 is 0 Å². The second-order valence-electron chi connectivity index (χ2n) is 18.0. The molecule has 72 heavy (non-hydrogen) atoms. The van der Waals surface area contributed by atoms with Crippen LogP contribution in [0.5, 0.6) is 0 Å². The Morgan fingerprint density at radius 3 is 0.917 bits per heavy atom. The van der Waals surface area contributed by atoms with E-state index in [0.717, 1.165) is 38.9 Å². The summed E-state index contributed by atoms with van der Waals surface area (Å²) < 4.78 is 67.9. The number of hydrogen-bond acceptors (Lipinski definition) is 11. The van der Waals surface area contributed by atoms with Crippen molar-refractivity contribution in [1.29, 1.82) is 0 Å². The third-order valence-corrected chi connectivity index (χ3v) is 12.7. The minimum atomic E-state index is -1.41. The van der Waals surface area contributed by atoms with Gasteiger partial charge in [0, 0.05) is 0 Å². The number of aliphatic hydroxyl groups excluding tert-OH is 1. The first kappa shape index (κ1) is 51.0. The molecule has 7 aromatic rings. The van der Waals surface area contributed by atoms with Crippen molar-refractivity contribution >= 4 is 0 Å². The van der Waals surface area contributed by atoms with Gasteiger partial charge in [0.2, 0.25) is 0 Å². The highest BCUT2D eigenvalue weighted by Gasteiger charge is 2.52. The van der Waals surface area contributed by atoms with Crippen LogP contribution in [0.1, 0.15) is 38.9 Å². The lowest BCUT2D eigenvalue weighted by atomic mass is 9.97. The average molecular weight is 973 g/mol. The van der Waals surface area contributed by atoms with Crippen molar-refractivity contribution in [3.8, 4) is 0 Å². The van der Waals surface area contributed by atoms with E-state index in [9.17, 15) is 5.11 Å². The van der Waals surface area contributed by atoms with Gasteiger partial charge in [-0.3, -0.25) is 0 Å². The summed E-state index contributed by atoms with van der Waals surface area (Å²) in [5, 5.41) is 12.0. The predicted octanol–water partition coefficient (Wildman–Crippen LogP) is 10.2. The van der Waals surface area contributed by atoms with Crippen LogP contribution in [-0.4, -0.2) is 79.7 Å². The molecule has 7 aromatic carbocycles. The van der Waals surface area contributed by atoms with E-state index in [1.165, 1.54) is 0 Å². The van der Waals surface area contributed by atoms with Gasteiger partial charge < -0.3 is 52.5 Å². The summed E-state index contributed by atoms with van der Waals surface area (Å²) in [5.74, 6) is 0. The molecule has 0 saturated carbocycles. The molecule has 10 atom stereocenters. The molecule has 0 aliphatic carbocycles. The van der Waals surface area contributed by atoms with Crippen LogP contribution >= 0.6 is 0 Å². The molecular formula is C61H64O11. The molecule has 11 heteroatoms. The van der Waals surface area contributed by atoms with Gasteiger partial charge in [-0.1, -0.05) is 212 Å². The Morgan fingerprint density at radius 1 is 0.278 bits per heavy atom. The number of rotatable bonds is 25. The van der Waals surface area contributed by atoms with Crippen molar-refractivity contribution in [1.82, 2.24) is 0 Å². The van der Waals surface area contributed by atoms with Crippen molar-refractivity contribution in [2.75, 3.05) is 13.2 Å². The second-order valence-corrected chi connectivity index (χ2v) is 18.0. The lowest BCUT2D eigenvalue weighted by molar-refractivity contribution is -0.349. The fourth-order valence-electron chi connectivity index (χ4n) is 8.97. The lowest BCUT2D eigenvalue weighted by Gasteiger charge is -2.47. The second kappa shape index (κ2) is 27.2. The first-order valence-electron chi connectivity index (χ1n) is 24.8. The Balaban J connectivity index is 1.04. The molecule has 2 unspecified atom stereocenters. The Labute approximate surface area is 423 Å². The summed E-state index contributed by atoms with van der Waals surface area (Å²) in [4.78, 5) is 0. The van der Waals surface area contributed by atoms with Crippen molar-refractivity contribution in [3.63, 3.8) is 0 Å². The van der Waals surface area contributed by atoms with Gasteiger partial charge in [-0.15, -0.1) is 0 Å². The van der Waals surface area contributed by atoms with Crippen molar-refractivity contribution < 1.29 is 52.5 Å². The van der Waals surface area contributed by atoms with Crippen LogP contribution < -0.4 is 0 Å². The molecule has 2 heterocycles. The largest absolute Gasteiger partial charge is 0.374 e. The molecule has 2 fully saturated rings. The lowest BCUT2D eigenvalue weighted by Crippen LogP contribution is -2.63. The third-order valence-electron chi connectivity index (χ3n) is 12.7. The highest BCUT2D eigenvalue weighted by atomic mass is 16.7. The summed E-state index contributed by atoms with van der Waals surface area (Å²) in [6.45, 7) is 1.89. The third kappa shape index (κ3) is 14.8. The first-order chi connectivity index (χ1) is 35.6. The van der Waals surface area contributed by atoms with Gasteiger partial charge in [-0.2, -0.15) is 0 Å². The summed E-state index contributed by atoms with van der Waals surface area (Å²) in [6, 6.07) is 69.7. The van der Waals surface area contributed by atoms with Crippen LogP contribution in [0.4, 0.5) is 0 Å². The predicted molar refractivity (Wildman–Crippen MR) is 272 cm³/mol. The molecular weight excluding hydrogens is 909 g/mol. The van der Waals surface area contributed by atoms with Crippen LogP contribution in [0.25, 0.3) is 0 Å². The van der Waals surface area contributed by atoms with E-state index in [2.05, 4.69) is 0 Å². The Morgan fingerprint density at radius 2 is 0.556 bits per heavy atom. The van der Waals surface area contributed by atoms with Crippen molar-refractivity contribution in [3.05, 3.63) is 251 Å². The summed E-state index contributed by atoms with van der Waals surface area (Å²) in [5.41, 5.74) is 6.80. The van der Waals surface area contributed by atoms with E-state index < -0.39 is 61.4 Å². The van der Waals surface area contributed by atoms with Crippen molar-refractivity contribution in [2.45, 2.75) is 108 Å². The normalized spacial score (nSPS) is 24.2. The number of hydrogen-bond donors (Lipinski definition) is 1. The van der Waals surface area contributed by atoms with Gasteiger partial charge >= 0.3 is 0 Å². The Hall–Kier alpha value is -5.90. The Kier molecular flexibility index (Phi) is 19.3. The maximum absolute atomic E-state index is 12.0. The molecule has 0 bridgehead atoms. The van der Waals surface area contributed by atoms with E-state index in [1.54, 1.807) is 0 Å². The fraction of sp³-hybridized carbons (Fsp3) is 0.311. The van der Waals surface area contributed by atoms with Crippen LogP contribution in [0.3, 0.4) is 0 Å². The van der Waals surface area contributed by atoms with E-state index in [-0.39, 0.29) is 52.9 Å². The van der Waals surface area contributed by atoms with Gasteiger partial charge in [-0.05, 0) is 38.9 Å². The van der Waals surface area contributed by atoms with Crippen LogP contribution in [0, 0.1) is 0 Å². The SMILES string of the molecule is OC1O[C@H](COC2O[C@H](COCc3ccccc3)[C@@H](OCc3ccccc3)[C@H](OCc3ccccc3)[C@@H]2OCc2ccccc2)[C@@H](OCc2ccccc2)[C@H](OCc2ccccc2)[C@H]1OCc1ccccc1. The topological polar surface area (TPSA) is 113 Å². The van der Waals surface area contributed by atoms with Crippen LogP contribution in [0.15, 0.2) is 212 Å². The highest BCUT2D eigenvalue weighted by molar-refractivity contribution is 5.19. The summed E-state index contributed by atoms with van der Waals surface area (Å²) in [7, 11) is 0. The molecule has 1 N–H and O–H groups in total. The molecule has 2 aliphatic rings. The molecule has 0 spiro atoms. The molecule has 374 valence electrons. The Bertz CT molecular complexity index is 2550. The molecule has 9 rings (SSSR count). The molecule has 0 aromatic heterocycles. The molecule has 0 radical (unpaired) electrons. The minimum absolute atomic E-state index is 0.0957. The summed E-state index contributed by atoms with van der Waals surface area (Å²) >= 11 is 0. The van der Waals surface area contributed by atoms with Gasteiger partial charge in [0.15, 0.2) is 12.6 Å². The monoisotopic (exact) mass is 972 g/mol. The zero-order valence-corrected chi connectivity index (χ0v) is 40.4. The maximum Gasteiger partial charge on any atom is 0.187 e. The zero-order chi connectivity index (χ0) is 49.0. The number of benzene rings is 7. The van der Waals surface area contributed by atoms with E-state index in [1.807, 2.05) is 212 Å². The first-order valence-corrected chi connectivity index (χ1v) is 24.8. The van der Waals surface area contributed by atoms with Crippen molar-refractivity contribution in [2.24, 2.45) is 0 Å². The average Bonchev–Trinajstić information content (AvgIpc) is 3.44. The van der Waals surface area contributed by atoms with Crippen LogP contribution in [-0.2, 0) is 93.6 Å². The number of ether oxygens (including phenoxy) is 10. The number of aliphatic hydroxyl groups is 1. The van der Waals surface area contributed by atoms with Crippen LogP contribution in [0.2, 0.25) is 0 Å². The van der Waals surface area contributed by atoms with E-state index in [0.29, 0.717) is 6.61 Å². The quantitative estimate of drug-likeness (QED) is 0.0591. The smallest absolute Gasteiger partial charge is 0.187 e. The maximum atomic E-state index is 12.0. The fourth-order valence-corrected chi connectivity index (χ4v) is 8.97. The molecule has 0 amide bonds. The molecule has 2 aliphatic heterocycles. The zero-order valence-electron chi connectivity index (χ0n) is 40.4. The van der Waals surface area contributed by atoms with E-state index in [4.69, 9.17) is 47.4 Å². The van der Waals surface area contributed by atoms with Gasteiger partial charge in [-0.25, -0.2) is 0 Å². The standard InChI is InChI=1S/C61H64O11/c62-60-58(68-41-50-32-18-6-19-33-50)56(66-39-48-28-14-4-15-29-48)55(65-38-47-26-12-3-13-27-47)53(71-60)44-70-61-59(69-42-51-34-20-7-21-35-51)57(67-40-49-30-16-5-17-31-49)54(64-37-46-24-10-2-11-25-46)52(72-61)43-63-36-45-22-8-1-9-23-45/h1-35,52-62H,36-44H2/t52-,53-,54-,55-,56+,57+,58-,59+,60?,61?/m1/s1. The van der Waals surface area contributed by atoms with Gasteiger partial charge in [0.25, 0.3) is 0 Å². The van der Waals surface area contributed by atoms with Gasteiger partial charge in [0.1, 0.15) is 48.8 Å². The van der Waals surface area contributed by atoms with Gasteiger partial charge in [0.05, 0.1) is 59.5 Å². The minimum Gasteiger partial charge on any atom is -0.374 e. The molecule has 11 nitrogen and oxygen atoms in total. The molecule has 2 saturated heterocycles.